The molecule has 0 spiro atoms. The molecule has 1 aromatic carbocycles. The third-order valence-electron chi connectivity index (χ3n) is 6.13. The van der Waals surface area contributed by atoms with Crippen molar-refractivity contribution in [2.45, 2.75) is 26.2 Å². The van der Waals surface area contributed by atoms with E-state index in [-0.39, 0.29) is 0 Å². The molecule has 6 heteroatoms. The van der Waals surface area contributed by atoms with Crippen molar-refractivity contribution in [3.63, 3.8) is 0 Å². The van der Waals surface area contributed by atoms with Crippen molar-refractivity contribution in [2.24, 2.45) is 15.9 Å². The number of benzene rings is 1. The first-order valence-corrected chi connectivity index (χ1v) is 12.2. The summed E-state index contributed by atoms with van der Waals surface area (Å²) >= 11 is 0. The number of allylic oxidation sites excluding steroid dienone is 1. The van der Waals surface area contributed by atoms with Gasteiger partial charge >= 0.3 is 0 Å². The Morgan fingerprint density at radius 1 is 1.14 bits per heavy atom. The minimum atomic E-state index is 0.358. The Kier molecular flexibility index (Phi) is 9.41. The summed E-state index contributed by atoms with van der Waals surface area (Å²) in [5, 5.41) is 6.64. The summed E-state index contributed by atoms with van der Waals surface area (Å²) in [5.74, 6) is 1.18. The van der Waals surface area contributed by atoms with Crippen molar-refractivity contribution in [1.82, 2.24) is 15.6 Å². The van der Waals surface area contributed by atoms with E-state index in [1.54, 1.807) is 12.4 Å². The highest BCUT2D eigenvalue weighted by Crippen LogP contribution is 2.28. The zero-order valence-electron chi connectivity index (χ0n) is 21.3. The van der Waals surface area contributed by atoms with E-state index >= 15 is 0 Å². The lowest BCUT2D eigenvalue weighted by atomic mass is 9.93. The standard InChI is InChI=1S/C29H38N6/c1-7-30-18-15-23(11-10-17-31-22(4)26-12-8-9-16-32-26)27-20-33-29(34-27)24-13-14-25(21(2)3)28(19-24)35(5)6/h7-9,12-14,16,19,23,30-31H,1-2,4,10-11,15,17-18,20H2,3,5-6H3. The Balaban J connectivity index is 1.65. The van der Waals surface area contributed by atoms with Gasteiger partial charge < -0.3 is 15.5 Å². The minimum Gasteiger partial charge on any atom is -0.391 e. The van der Waals surface area contributed by atoms with Crippen LogP contribution < -0.4 is 15.5 Å². The quantitative estimate of drug-likeness (QED) is 0.374. The number of hydrogen-bond acceptors (Lipinski definition) is 6. The van der Waals surface area contributed by atoms with Gasteiger partial charge in [-0.25, -0.2) is 4.99 Å². The van der Waals surface area contributed by atoms with Gasteiger partial charge in [0.1, 0.15) is 0 Å². The number of hydrogen-bond donors (Lipinski definition) is 2. The summed E-state index contributed by atoms with van der Waals surface area (Å²) in [5.41, 5.74) is 7.27. The molecule has 1 unspecified atom stereocenters. The molecule has 0 saturated heterocycles. The number of anilines is 1. The molecule has 1 aromatic heterocycles. The van der Waals surface area contributed by atoms with Crippen molar-refractivity contribution in [3.8, 4) is 0 Å². The van der Waals surface area contributed by atoms with Crippen LogP contribution in [-0.2, 0) is 0 Å². The van der Waals surface area contributed by atoms with Gasteiger partial charge in [-0.3, -0.25) is 9.98 Å². The predicted molar refractivity (Wildman–Crippen MR) is 151 cm³/mol. The zero-order valence-corrected chi connectivity index (χ0v) is 21.3. The normalized spacial score (nSPS) is 13.5. The zero-order chi connectivity index (χ0) is 25.2. The Hall–Kier alpha value is -3.67. The van der Waals surface area contributed by atoms with Gasteiger partial charge in [-0.15, -0.1) is 0 Å². The van der Waals surface area contributed by atoms with Crippen LogP contribution in [0.15, 0.2) is 78.5 Å². The van der Waals surface area contributed by atoms with E-state index in [2.05, 4.69) is 72.5 Å². The van der Waals surface area contributed by atoms with Gasteiger partial charge in [0.25, 0.3) is 0 Å². The first-order chi connectivity index (χ1) is 16.9. The number of aromatic nitrogens is 1. The maximum atomic E-state index is 5.00. The number of nitrogens with zero attached hydrogens (tertiary/aromatic N) is 4. The second-order valence-electron chi connectivity index (χ2n) is 9.06. The van der Waals surface area contributed by atoms with Gasteiger partial charge in [0.15, 0.2) is 5.84 Å². The molecule has 2 heterocycles. The number of nitrogens with one attached hydrogen (secondary N) is 2. The van der Waals surface area contributed by atoms with Gasteiger partial charge in [0.05, 0.1) is 17.9 Å². The highest BCUT2D eigenvalue weighted by Gasteiger charge is 2.21. The predicted octanol–water partition coefficient (Wildman–Crippen LogP) is 5.16. The van der Waals surface area contributed by atoms with Crippen molar-refractivity contribution in [1.29, 1.82) is 0 Å². The van der Waals surface area contributed by atoms with E-state index in [4.69, 9.17) is 9.98 Å². The Morgan fingerprint density at radius 2 is 1.97 bits per heavy atom. The molecule has 0 fully saturated rings. The molecule has 6 nitrogen and oxygen atoms in total. The molecule has 0 radical (unpaired) electrons. The van der Waals surface area contributed by atoms with Gasteiger partial charge in [-0.1, -0.05) is 37.9 Å². The molecular weight excluding hydrogens is 432 g/mol. The van der Waals surface area contributed by atoms with E-state index in [1.807, 2.05) is 25.1 Å². The molecule has 0 saturated carbocycles. The third-order valence-corrected chi connectivity index (χ3v) is 6.13. The van der Waals surface area contributed by atoms with E-state index in [9.17, 15) is 0 Å². The topological polar surface area (TPSA) is 64.9 Å². The van der Waals surface area contributed by atoms with Crippen LogP contribution in [-0.4, -0.2) is 50.3 Å². The SMILES string of the molecule is C=CNCCC(CCCNC(=C)c1ccccn1)C1=NC(c2ccc(C(=C)C)c(N(C)C)c2)=NC1. The largest absolute Gasteiger partial charge is 0.391 e. The third kappa shape index (κ3) is 7.15. The summed E-state index contributed by atoms with van der Waals surface area (Å²) in [6.45, 7) is 16.4. The fraction of sp³-hybridized carbons (Fsp3) is 0.345. The Bertz CT molecular complexity index is 1100. The number of pyridine rings is 1. The lowest BCUT2D eigenvalue weighted by Crippen LogP contribution is -2.23. The molecule has 3 rings (SSSR count). The molecule has 35 heavy (non-hydrogen) atoms. The van der Waals surface area contributed by atoms with Crippen LogP contribution in [0.3, 0.4) is 0 Å². The number of aliphatic imine (C=N–C) groups is 2. The Morgan fingerprint density at radius 3 is 2.66 bits per heavy atom. The molecule has 0 bridgehead atoms. The first-order valence-electron chi connectivity index (χ1n) is 12.2. The maximum Gasteiger partial charge on any atom is 0.155 e. The first kappa shape index (κ1) is 25.9. The van der Waals surface area contributed by atoms with Gasteiger partial charge in [-0.05, 0) is 56.2 Å². The molecule has 1 atom stereocenters. The molecule has 1 aliphatic heterocycles. The lowest BCUT2D eigenvalue weighted by Gasteiger charge is -2.19. The van der Waals surface area contributed by atoms with E-state index in [0.717, 1.165) is 77.7 Å². The highest BCUT2D eigenvalue weighted by atomic mass is 15.1. The van der Waals surface area contributed by atoms with Crippen LogP contribution in [0.2, 0.25) is 0 Å². The fourth-order valence-corrected chi connectivity index (χ4v) is 4.20. The second kappa shape index (κ2) is 12.7. The van der Waals surface area contributed by atoms with Crippen LogP contribution in [0.25, 0.3) is 11.3 Å². The molecule has 0 amide bonds. The van der Waals surface area contributed by atoms with E-state index in [1.165, 1.54) is 0 Å². The average Bonchev–Trinajstić information content (AvgIpc) is 3.35. The van der Waals surface area contributed by atoms with Crippen molar-refractivity contribution in [2.75, 3.05) is 38.6 Å². The van der Waals surface area contributed by atoms with Crippen molar-refractivity contribution < 1.29 is 0 Å². The van der Waals surface area contributed by atoms with Crippen LogP contribution in [0.5, 0.6) is 0 Å². The van der Waals surface area contributed by atoms with Gasteiger partial charge in [0.2, 0.25) is 0 Å². The molecule has 0 aliphatic carbocycles. The molecule has 1 aliphatic rings. The highest BCUT2D eigenvalue weighted by molar-refractivity contribution is 6.12. The number of amidine groups is 1. The van der Waals surface area contributed by atoms with Crippen LogP contribution in [0, 0.1) is 5.92 Å². The molecule has 2 N–H and O–H groups in total. The minimum absolute atomic E-state index is 0.358. The van der Waals surface area contributed by atoms with Crippen molar-refractivity contribution in [3.05, 3.63) is 85.4 Å². The van der Waals surface area contributed by atoms with Crippen LogP contribution >= 0.6 is 0 Å². The monoisotopic (exact) mass is 470 g/mol. The maximum absolute atomic E-state index is 5.00. The number of rotatable bonds is 14. The van der Waals surface area contributed by atoms with Gasteiger partial charge in [0, 0.05) is 61.8 Å². The van der Waals surface area contributed by atoms with E-state index < -0.39 is 0 Å². The second-order valence-corrected chi connectivity index (χ2v) is 9.06. The molecule has 184 valence electrons. The summed E-state index contributed by atoms with van der Waals surface area (Å²) in [7, 11) is 4.10. The smallest absolute Gasteiger partial charge is 0.155 e. The average molecular weight is 471 g/mol. The van der Waals surface area contributed by atoms with Gasteiger partial charge in [-0.2, -0.15) is 0 Å². The Labute approximate surface area is 210 Å². The van der Waals surface area contributed by atoms with E-state index in [0.29, 0.717) is 12.5 Å². The molecular formula is C29H38N6. The molecule has 2 aromatic rings. The summed E-state index contributed by atoms with van der Waals surface area (Å²) in [6, 6.07) is 12.2. The lowest BCUT2D eigenvalue weighted by molar-refractivity contribution is 0.534. The summed E-state index contributed by atoms with van der Waals surface area (Å²) in [6.07, 6.45) is 6.57. The van der Waals surface area contributed by atoms with Crippen LogP contribution in [0.1, 0.15) is 43.0 Å². The van der Waals surface area contributed by atoms with Crippen molar-refractivity contribution >= 4 is 28.5 Å². The summed E-state index contributed by atoms with van der Waals surface area (Å²) in [4.78, 5) is 16.3. The van der Waals surface area contributed by atoms with Crippen LogP contribution in [0.4, 0.5) is 5.69 Å². The fourth-order valence-electron chi connectivity index (χ4n) is 4.20. The summed E-state index contributed by atoms with van der Waals surface area (Å²) < 4.78 is 0.